The first-order valence-corrected chi connectivity index (χ1v) is 18.2. The van der Waals surface area contributed by atoms with Crippen molar-refractivity contribution in [1.29, 1.82) is 0 Å². The third-order valence-electron chi connectivity index (χ3n) is 8.35. The summed E-state index contributed by atoms with van der Waals surface area (Å²) in [6, 6.07) is 10.3. The van der Waals surface area contributed by atoms with Gasteiger partial charge >= 0.3 is 0 Å². The zero-order valence-electron chi connectivity index (χ0n) is 26.2. The molecule has 2 atom stereocenters. The Morgan fingerprint density at radius 1 is 0.763 bits per heavy atom. The molecule has 38 heavy (non-hydrogen) atoms. The van der Waals surface area contributed by atoms with Crippen LogP contribution in [0.3, 0.4) is 0 Å². The molecule has 0 heterocycles. The molecule has 0 bridgehead atoms. The Morgan fingerprint density at radius 2 is 1.26 bits per heavy atom. The van der Waals surface area contributed by atoms with Gasteiger partial charge in [-0.3, -0.25) is 0 Å². The maximum Gasteiger partial charge on any atom is 0.201 e. The Morgan fingerprint density at radius 3 is 1.74 bits per heavy atom. The minimum absolute atomic E-state index is 0.0685. The predicted molar refractivity (Wildman–Crippen MR) is 170 cm³/mol. The van der Waals surface area contributed by atoms with Crippen molar-refractivity contribution in [2.45, 2.75) is 161 Å². The smallest absolute Gasteiger partial charge is 0.201 e. The monoisotopic (exact) mass is 545 g/mol. The van der Waals surface area contributed by atoms with Crippen molar-refractivity contribution in [2.75, 3.05) is 6.61 Å². The molecule has 1 aromatic carbocycles. The zero-order valence-corrected chi connectivity index (χ0v) is 27.2. The largest absolute Gasteiger partial charge is 0.408 e. The summed E-state index contributed by atoms with van der Waals surface area (Å²) in [6.45, 7) is 17.1. The molecule has 0 aliphatic heterocycles. The van der Waals surface area contributed by atoms with Crippen LogP contribution in [0.5, 0.6) is 0 Å². The van der Waals surface area contributed by atoms with Crippen LogP contribution in [0.4, 0.5) is 0 Å². The summed E-state index contributed by atoms with van der Waals surface area (Å²) >= 11 is 0. The predicted octanol–water partition coefficient (Wildman–Crippen LogP) is 9.96. The summed E-state index contributed by atoms with van der Waals surface area (Å²) in [6.07, 6.45) is 20.7. The van der Waals surface area contributed by atoms with Crippen molar-refractivity contribution in [2.24, 2.45) is 0 Å². The fourth-order valence-electron chi connectivity index (χ4n) is 6.19. The fraction of sp³-hybridized carbons (Fsp3) is 0.765. The van der Waals surface area contributed by atoms with Gasteiger partial charge in [-0.25, -0.2) is 0 Å². The topological polar surface area (TPSA) is 41.5 Å². The molecule has 0 radical (unpaired) electrons. The molecule has 0 aliphatic rings. The lowest BCUT2D eigenvalue weighted by Crippen LogP contribution is -2.54. The Hall–Kier alpha value is -0.943. The lowest BCUT2D eigenvalue weighted by atomic mass is 10.0. The van der Waals surface area contributed by atoms with Gasteiger partial charge in [0.25, 0.3) is 0 Å². The van der Waals surface area contributed by atoms with Gasteiger partial charge in [-0.15, -0.1) is 0 Å². The quantitative estimate of drug-likeness (QED) is 0.0816. The summed E-state index contributed by atoms with van der Waals surface area (Å²) in [4.78, 5) is 0. The van der Waals surface area contributed by atoms with E-state index in [1.165, 1.54) is 76.2 Å². The normalized spacial score (nSPS) is 14.3. The van der Waals surface area contributed by atoms with Gasteiger partial charge in [0.2, 0.25) is 8.32 Å². The minimum Gasteiger partial charge on any atom is -0.408 e. The highest BCUT2D eigenvalue weighted by Crippen LogP contribution is 2.43. The Labute approximate surface area is 238 Å². The first-order valence-electron chi connectivity index (χ1n) is 16.0. The van der Waals surface area contributed by atoms with Crippen molar-refractivity contribution in [1.82, 2.24) is 5.32 Å². The van der Waals surface area contributed by atoms with E-state index in [1.807, 2.05) is 6.07 Å². The van der Waals surface area contributed by atoms with Crippen LogP contribution in [0.2, 0.25) is 16.6 Å². The number of hydrogen-bond donors (Lipinski definition) is 2. The maximum atomic E-state index is 10.4. The molecule has 0 saturated heterocycles. The van der Waals surface area contributed by atoms with Gasteiger partial charge in [0.1, 0.15) is 0 Å². The fourth-order valence-corrected chi connectivity index (χ4v) is 11.7. The number of unbranched alkanes of at least 4 members (excludes halogenated alkanes) is 11. The van der Waals surface area contributed by atoms with E-state index >= 15 is 0 Å². The molecule has 2 N–H and O–H groups in total. The summed E-state index contributed by atoms with van der Waals surface area (Å²) in [7, 11) is -2.09. The summed E-state index contributed by atoms with van der Waals surface area (Å²) < 4.78 is 7.20. The van der Waals surface area contributed by atoms with Gasteiger partial charge in [0, 0.05) is 6.54 Å². The highest BCUT2D eigenvalue weighted by molar-refractivity contribution is 6.77. The maximum absolute atomic E-state index is 10.4. The molecule has 0 unspecified atom stereocenters. The van der Waals surface area contributed by atoms with Gasteiger partial charge < -0.3 is 14.8 Å². The average molecular weight is 546 g/mol. The first-order chi connectivity index (χ1) is 18.3. The average Bonchev–Trinajstić information content (AvgIpc) is 2.89. The van der Waals surface area contributed by atoms with Crippen LogP contribution in [0.25, 0.3) is 0 Å². The molecular weight excluding hydrogens is 482 g/mol. The number of rotatable bonds is 23. The van der Waals surface area contributed by atoms with Gasteiger partial charge in [-0.2, -0.15) is 0 Å². The minimum atomic E-state index is -2.09. The standard InChI is InChI=1S/C34H63NO2Si/c1-8-9-10-11-12-13-14-15-16-17-18-19-23-26-34(37-38(29(2)3,30(4)5)31(6)7)33(28-36)35-27-32-24-21-20-22-25-32/h20-26,29-31,33-36H,8-19,27-28H2,1-7H3/b26-23+/t33-,34+/m0/s1. The number of nitrogens with one attached hydrogen (secondary N) is 1. The summed E-state index contributed by atoms with van der Waals surface area (Å²) in [5.41, 5.74) is 2.77. The van der Waals surface area contributed by atoms with E-state index < -0.39 is 8.32 Å². The number of hydrogen-bond acceptors (Lipinski definition) is 3. The lowest BCUT2D eigenvalue weighted by molar-refractivity contribution is 0.124. The molecule has 0 aliphatic carbocycles. The number of allylic oxidation sites excluding steroid dienone is 1. The summed E-state index contributed by atoms with van der Waals surface area (Å²) in [5.74, 6) is 0. The highest BCUT2D eigenvalue weighted by atomic mass is 28.4. The van der Waals surface area contributed by atoms with E-state index in [0.29, 0.717) is 16.6 Å². The van der Waals surface area contributed by atoms with Gasteiger partial charge in [0.05, 0.1) is 18.8 Å². The highest BCUT2D eigenvalue weighted by Gasteiger charge is 2.47. The van der Waals surface area contributed by atoms with Gasteiger partial charge in [0.15, 0.2) is 0 Å². The van der Waals surface area contributed by atoms with Crippen LogP contribution >= 0.6 is 0 Å². The molecule has 1 rings (SSSR count). The van der Waals surface area contributed by atoms with E-state index in [2.05, 4.69) is 90.2 Å². The molecule has 4 heteroatoms. The van der Waals surface area contributed by atoms with E-state index in [4.69, 9.17) is 4.43 Å². The van der Waals surface area contributed by atoms with Crippen molar-refractivity contribution in [3.05, 3.63) is 48.0 Å². The van der Waals surface area contributed by atoms with Gasteiger partial charge in [-0.05, 0) is 35.0 Å². The first kappa shape index (κ1) is 35.1. The van der Waals surface area contributed by atoms with Crippen molar-refractivity contribution < 1.29 is 9.53 Å². The number of benzene rings is 1. The molecule has 0 fully saturated rings. The third-order valence-corrected chi connectivity index (χ3v) is 14.4. The van der Waals surface area contributed by atoms with Crippen LogP contribution in [0.1, 0.15) is 131 Å². The number of aliphatic hydroxyl groups excluding tert-OH is 1. The van der Waals surface area contributed by atoms with Gasteiger partial charge in [-0.1, -0.05) is 155 Å². The van der Waals surface area contributed by atoms with Crippen LogP contribution in [-0.2, 0) is 11.0 Å². The molecule has 0 aromatic heterocycles. The third kappa shape index (κ3) is 12.9. The second kappa shape index (κ2) is 20.9. The Bertz CT molecular complexity index is 682. The van der Waals surface area contributed by atoms with Crippen LogP contribution < -0.4 is 5.32 Å². The summed E-state index contributed by atoms with van der Waals surface area (Å²) in [5, 5.41) is 14.0. The second-order valence-electron chi connectivity index (χ2n) is 12.3. The SMILES string of the molecule is CCCCCCCCCCCCC/C=C/[C@@H](O[Si](C(C)C)(C(C)C)C(C)C)[C@H](CO)NCc1ccccc1. The van der Waals surface area contributed by atoms with Crippen LogP contribution in [0.15, 0.2) is 42.5 Å². The van der Waals surface area contributed by atoms with Crippen LogP contribution in [0, 0.1) is 0 Å². The molecule has 0 amide bonds. The Kier molecular flexibility index (Phi) is 19.3. The van der Waals surface area contributed by atoms with E-state index in [0.717, 1.165) is 13.0 Å². The zero-order chi connectivity index (χ0) is 28.2. The van der Waals surface area contributed by atoms with E-state index in [-0.39, 0.29) is 18.8 Å². The van der Waals surface area contributed by atoms with E-state index in [1.54, 1.807) is 0 Å². The molecule has 0 spiro atoms. The molecular formula is C34H63NO2Si. The van der Waals surface area contributed by atoms with Crippen LogP contribution in [-0.4, -0.2) is 32.2 Å². The number of aliphatic hydroxyl groups is 1. The molecule has 3 nitrogen and oxygen atoms in total. The van der Waals surface area contributed by atoms with E-state index in [9.17, 15) is 5.11 Å². The lowest BCUT2D eigenvalue weighted by Gasteiger charge is -2.45. The molecule has 1 aromatic rings. The van der Waals surface area contributed by atoms with Crippen molar-refractivity contribution in [3.8, 4) is 0 Å². The van der Waals surface area contributed by atoms with Crippen molar-refractivity contribution >= 4 is 8.32 Å². The molecule has 0 saturated carbocycles. The Balaban J connectivity index is 2.70. The van der Waals surface area contributed by atoms with Crippen molar-refractivity contribution in [3.63, 3.8) is 0 Å². The second-order valence-corrected chi connectivity index (χ2v) is 17.7. The molecule has 220 valence electrons.